The van der Waals surface area contributed by atoms with Crippen LogP contribution in [0.25, 0.3) is 0 Å². The SMILES string of the molecule is COc1ccc(Br)cc1NCC(=O)Nc1cccc(C)c1. The number of carbonyl (C=O) groups excluding carboxylic acids is 1. The lowest BCUT2D eigenvalue weighted by molar-refractivity contribution is -0.114. The van der Waals surface area contributed by atoms with E-state index in [2.05, 4.69) is 26.6 Å². The molecule has 0 saturated carbocycles. The summed E-state index contributed by atoms with van der Waals surface area (Å²) >= 11 is 3.40. The molecule has 0 spiro atoms. The highest BCUT2D eigenvalue weighted by Crippen LogP contribution is 2.27. The van der Waals surface area contributed by atoms with Crippen LogP contribution in [0.4, 0.5) is 11.4 Å². The molecule has 2 rings (SSSR count). The summed E-state index contributed by atoms with van der Waals surface area (Å²) in [5.74, 6) is 0.587. The number of ether oxygens (including phenoxy) is 1. The Morgan fingerprint density at radius 2 is 2.05 bits per heavy atom. The lowest BCUT2D eigenvalue weighted by Crippen LogP contribution is -2.22. The Morgan fingerprint density at radius 1 is 1.24 bits per heavy atom. The monoisotopic (exact) mass is 348 g/mol. The van der Waals surface area contributed by atoms with Gasteiger partial charge in [0.1, 0.15) is 5.75 Å². The summed E-state index contributed by atoms with van der Waals surface area (Å²) in [5, 5.41) is 5.92. The molecular formula is C16H17BrN2O2. The van der Waals surface area contributed by atoms with Crippen LogP contribution in [0.2, 0.25) is 0 Å². The molecule has 4 nitrogen and oxygen atoms in total. The van der Waals surface area contributed by atoms with E-state index in [1.54, 1.807) is 7.11 Å². The van der Waals surface area contributed by atoms with Gasteiger partial charge in [0.05, 0.1) is 19.3 Å². The van der Waals surface area contributed by atoms with E-state index in [9.17, 15) is 4.79 Å². The van der Waals surface area contributed by atoms with Crippen LogP contribution in [0, 0.1) is 6.92 Å². The van der Waals surface area contributed by atoms with Crippen LogP contribution in [0.1, 0.15) is 5.56 Å². The first kappa shape index (κ1) is 15.4. The standard InChI is InChI=1S/C16H17BrN2O2/c1-11-4-3-5-13(8-11)19-16(20)10-18-14-9-12(17)6-7-15(14)21-2/h3-9,18H,10H2,1-2H3,(H,19,20). The molecule has 0 heterocycles. The third kappa shape index (κ3) is 4.49. The highest BCUT2D eigenvalue weighted by Gasteiger charge is 2.06. The minimum Gasteiger partial charge on any atom is -0.495 e. The predicted molar refractivity (Wildman–Crippen MR) is 89.0 cm³/mol. The van der Waals surface area contributed by atoms with E-state index in [1.165, 1.54) is 0 Å². The van der Waals surface area contributed by atoms with Crippen LogP contribution in [-0.4, -0.2) is 19.6 Å². The Morgan fingerprint density at radius 3 is 2.76 bits per heavy atom. The quantitative estimate of drug-likeness (QED) is 0.863. The fourth-order valence-electron chi connectivity index (χ4n) is 1.92. The molecule has 0 aliphatic carbocycles. The molecule has 5 heteroatoms. The zero-order valence-electron chi connectivity index (χ0n) is 11.9. The van der Waals surface area contributed by atoms with Crippen LogP contribution < -0.4 is 15.4 Å². The smallest absolute Gasteiger partial charge is 0.243 e. The third-order valence-electron chi connectivity index (χ3n) is 2.90. The van der Waals surface area contributed by atoms with Crippen LogP contribution >= 0.6 is 15.9 Å². The van der Waals surface area contributed by atoms with Crippen molar-refractivity contribution in [3.8, 4) is 5.75 Å². The highest BCUT2D eigenvalue weighted by atomic mass is 79.9. The zero-order chi connectivity index (χ0) is 15.2. The second-order valence-corrected chi connectivity index (χ2v) is 5.53. The van der Waals surface area contributed by atoms with Crippen LogP contribution in [0.3, 0.4) is 0 Å². The van der Waals surface area contributed by atoms with Crippen molar-refractivity contribution in [2.45, 2.75) is 6.92 Å². The summed E-state index contributed by atoms with van der Waals surface area (Å²) in [7, 11) is 1.60. The maximum Gasteiger partial charge on any atom is 0.243 e. The van der Waals surface area contributed by atoms with Crippen LogP contribution in [0.15, 0.2) is 46.9 Å². The van der Waals surface area contributed by atoms with Gasteiger partial charge in [-0.05, 0) is 42.8 Å². The second kappa shape index (κ2) is 7.13. The van der Waals surface area contributed by atoms with Crippen molar-refractivity contribution in [3.05, 3.63) is 52.5 Å². The minimum atomic E-state index is -0.109. The van der Waals surface area contributed by atoms with E-state index in [0.29, 0.717) is 5.75 Å². The molecule has 2 aromatic rings. The molecule has 0 bridgehead atoms. The summed E-state index contributed by atoms with van der Waals surface area (Å²) in [6.45, 7) is 2.15. The molecule has 0 fully saturated rings. The van der Waals surface area contributed by atoms with Gasteiger partial charge in [-0.15, -0.1) is 0 Å². The van der Waals surface area contributed by atoms with Gasteiger partial charge >= 0.3 is 0 Å². The summed E-state index contributed by atoms with van der Waals surface area (Å²) in [4.78, 5) is 12.0. The Kier molecular flexibility index (Phi) is 5.22. The van der Waals surface area contributed by atoms with Crippen molar-refractivity contribution >= 4 is 33.2 Å². The van der Waals surface area contributed by atoms with E-state index in [1.807, 2.05) is 49.4 Å². The van der Waals surface area contributed by atoms with Gasteiger partial charge in [-0.2, -0.15) is 0 Å². The minimum absolute atomic E-state index is 0.109. The summed E-state index contributed by atoms with van der Waals surface area (Å²) < 4.78 is 6.17. The number of rotatable bonds is 5. The average Bonchev–Trinajstić information content (AvgIpc) is 2.45. The number of carbonyl (C=O) groups is 1. The first-order valence-corrected chi connectivity index (χ1v) is 7.31. The molecule has 0 aliphatic rings. The van der Waals surface area contributed by atoms with Crippen molar-refractivity contribution in [1.82, 2.24) is 0 Å². The van der Waals surface area contributed by atoms with E-state index in [-0.39, 0.29) is 12.5 Å². The van der Waals surface area contributed by atoms with E-state index < -0.39 is 0 Å². The summed E-state index contributed by atoms with van der Waals surface area (Å²) in [6.07, 6.45) is 0. The number of anilines is 2. The average molecular weight is 349 g/mol. The van der Waals surface area contributed by atoms with Gasteiger partial charge in [-0.1, -0.05) is 28.1 Å². The number of halogens is 1. The maximum absolute atomic E-state index is 12.0. The van der Waals surface area contributed by atoms with E-state index >= 15 is 0 Å². The highest BCUT2D eigenvalue weighted by molar-refractivity contribution is 9.10. The number of benzene rings is 2. The van der Waals surface area contributed by atoms with Gasteiger partial charge in [0, 0.05) is 10.2 Å². The Labute approximate surface area is 132 Å². The molecule has 0 aliphatic heterocycles. The number of hydrogen-bond acceptors (Lipinski definition) is 3. The Balaban J connectivity index is 1.96. The first-order valence-electron chi connectivity index (χ1n) is 6.52. The van der Waals surface area contributed by atoms with Gasteiger partial charge in [0.25, 0.3) is 0 Å². The molecular weight excluding hydrogens is 332 g/mol. The third-order valence-corrected chi connectivity index (χ3v) is 3.40. The largest absolute Gasteiger partial charge is 0.495 e. The maximum atomic E-state index is 12.0. The van der Waals surface area contributed by atoms with Crippen molar-refractivity contribution in [3.63, 3.8) is 0 Å². The molecule has 2 aromatic carbocycles. The number of aryl methyl sites for hydroxylation is 1. The fourth-order valence-corrected chi connectivity index (χ4v) is 2.28. The van der Waals surface area contributed by atoms with Gasteiger partial charge in [0.15, 0.2) is 0 Å². The summed E-state index contributed by atoms with van der Waals surface area (Å²) in [6, 6.07) is 13.3. The molecule has 110 valence electrons. The van der Waals surface area contributed by atoms with Crippen molar-refractivity contribution in [2.24, 2.45) is 0 Å². The number of nitrogens with one attached hydrogen (secondary N) is 2. The molecule has 1 amide bonds. The zero-order valence-corrected chi connectivity index (χ0v) is 13.5. The Hall–Kier alpha value is -2.01. The molecule has 21 heavy (non-hydrogen) atoms. The molecule has 0 unspecified atom stereocenters. The molecule has 0 aromatic heterocycles. The molecule has 0 radical (unpaired) electrons. The van der Waals surface area contributed by atoms with Crippen LogP contribution in [-0.2, 0) is 4.79 Å². The van der Waals surface area contributed by atoms with Crippen molar-refractivity contribution in [1.29, 1.82) is 0 Å². The van der Waals surface area contributed by atoms with Crippen molar-refractivity contribution in [2.75, 3.05) is 24.3 Å². The molecule has 2 N–H and O–H groups in total. The van der Waals surface area contributed by atoms with Gasteiger partial charge < -0.3 is 15.4 Å². The fraction of sp³-hybridized carbons (Fsp3) is 0.188. The first-order chi connectivity index (χ1) is 10.1. The van der Waals surface area contributed by atoms with Gasteiger partial charge in [-0.3, -0.25) is 4.79 Å². The van der Waals surface area contributed by atoms with E-state index in [4.69, 9.17) is 4.74 Å². The van der Waals surface area contributed by atoms with Gasteiger partial charge in [-0.25, -0.2) is 0 Å². The van der Waals surface area contributed by atoms with Crippen molar-refractivity contribution < 1.29 is 9.53 Å². The molecule has 0 atom stereocenters. The number of hydrogen-bond donors (Lipinski definition) is 2. The lowest BCUT2D eigenvalue weighted by atomic mass is 10.2. The van der Waals surface area contributed by atoms with Crippen LogP contribution in [0.5, 0.6) is 5.75 Å². The second-order valence-electron chi connectivity index (χ2n) is 4.62. The topological polar surface area (TPSA) is 50.4 Å². The normalized spacial score (nSPS) is 10.0. The molecule has 0 saturated heterocycles. The summed E-state index contributed by atoms with van der Waals surface area (Å²) in [5.41, 5.74) is 2.67. The lowest BCUT2D eigenvalue weighted by Gasteiger charge is -2.12. The predicted octanol–water partition coefficient (Wildman–Crippen LogP) is 3.82. The number of methoxy groups -OCH3 is 1. The number of amides is 1. The van der Waals surface area contributed by atoms with E-state index in [0.717, 1.165) is 21.4 Å². The Bertz CT molecular complexity index is 644. The van der Waals surface area contributed by atoms with Gasteiger partial charge in [0.2, 0.25) is 5.91 Å².